The molecule has 1 aliphatic carbocycles. The molecule has 0 spiro atoms. The summed E-state index contributed by atoms with van der Waals surface area (Å²) in [7, 11) is 0. The van der Waals surface area contributed by atoms with Crippen LogP contribution in [0.2, 0.25) is 0 Å². The number of rotatable bonds is 4. The van der Waals surface area contributed by atoms with Crippen molar-refractivity contribution in [1.29, 1.82) is 0 Å². The van der Waals surface area contributed by atoms with Gasteiger partial charge in [0.05, 0.1) is 5.69 Å². The van der Waals surface area contributed by atoms with Gasteiger partial charge in [-0.05, 0) is 87.8 Å². The Kier molecular flexibility index (Phi) is 6.66. The monoisotopic (exact) mass is 773 g/mol. The summed E-state index contributed by atoms with van der Waals surface area (Å²) < 4.78 is 15.5. The van der Waals surface area contributed by atoms with Crippen molar-refractivity contribution in [2.75, 3.05) is 4.90 Å². The summed E-state index contributed by atoms with van der Waals surface area (Å²) >= 11 is 1.88. The molecule has 0 unspecified atom stereocenters. The van der Waals surface area contributed by atoms with Crippen molar-refractivity contribution in [2.24, 2.45) is 0 Å². The molecule has 12 aromatic rings. The molecule has 3 nitrogen and oxygen atoms in total. The second kappa shape index (κ2) is 12.0. The fraction of sp³-hybridized carbons (Fsp3) is 0.0545. The van der Waals surface area contributed by atoms with E-state index in [1.807, 2.05) is 23.5 Å². The number of fused-ring (bicyclic) bond motifs is 14. The molecule has 59 heavy (non-hydrogen) atoms. The number of furan rings is 2. The molecule has 3 aromatic heterocycles. The average Bonchev–Trinajstić information content (AvgIpc) is 4.02. The highest BCUT2D eigenvalue weighted by Crippen LogP contribution is 2.53. The van der Waals surface area contributed by atoms with Crippen molar-refractivity contribution in [1.82, 2.24) is 0 Å². The Hall–Kier alpha value is -7.14. The standard InChI is InChI=1S/C55H35NO2S/c1-55(2)44-19-6-3-13-35(44)36-28-25-34(31-45(36)55)56(33-26-29-49-43(30-33)38-15-5-7-21-47(38)57-49)46-20-9-12-32-24-27-42-52-39(16-11-23-50(52)59-54(42)51(32)46)41-18-10-17-40-37-14-4-8-22-48(37)58-53(40)41/h3-31H,1-2H3. The van der Waals surface area contributed by atoms with Gasteiger partial charge in [0.1, 0.15) is 22.3 Å². The van der Waals surface area contributed by atoms with E-state index in [1.165, 1.54) is 58.8 Å². The average molecular weight is 774 g/mol. The van der Waals surface area contributed by atoms with Crippen LogP contribution in [0.1, 0.15) is 25.0 Å². The van der Waals surface area contributed by atoms with Crippen LogP contribution in [-0.2, 0) is 5.41 Å². The van der Waals surface area contributed by atoms with Crippen molar-refractivity contribution < 1.29 is 8.83 Å². The van der Waals surface area contributed by atoms with Crippen molar-refractivity contribution in [3.63, 3.8) is 0 Å². The second-order valence-corrected chi connectivity index (χ2v) is 17.4. The van der Waals surface area contributed by atoms with Gasteiger partial charge < -0.3 is 13.7 Å². The van der Waals surface area contributed by atoms with Crippen LogP contribution in [0.15, 0.2) is 185 Å². The number of benzene rings is 9. The Labute approximate surface area is 344 Å². The summed E-state index contributed by atoms with van der Waals surface area (Å²) in [4.78, 5) is 2.47. The Balaban J connectivity index is 1.09. The van der Waals surface area contributed by atoms with Crippen LogP contribution in [0.5, 0.6) is 0 Å². The number of para-hydroxylation sites is 3. The van der Waals surface area contributed by atoms with Gasteiger partial charge in [0, 0.05) is 69.5 Å². The SMILES string of the molecule is CC1(C)c2ccccc2-c2ccc(N(c3ccc4oc5ccccc5c4c3)c3cccc4ccc5c(sc6cccc(-c7cccc8c7oc7ccccc78)c65)c34)cc21. The fourth-order valence-corrected chi connectivity index (χ4v) is 11.4. The number of thiophene rings is 1. The van der Waals surface area contributed by atoms with Gasteiger partial charge in [-0.25, -0.2) is 0 Å². The third kappa shape index (κ3) is 4.58. The zero-order valence-electron chi connectivity index (χ0n) is 32.4. The second-order valence-electron chi connectivity index (χ2n) is 16.4. The van der Waals surface area contributed by atoms with E-state index in [2.05, 4.69) is 183 Å². The zero-order chi connectivity index (χ0) is 39.0. The van der Waals surface area contributed by atoms with Crippen molar-refractivity contribution >= 4 is 103 Å². The molecule has 278 valence electrons. The van der Waals surface area contributed by atoms with E-state index >= 15 is 0 Å². The molecule has 9 aromatic carbocycles. The third-order valence-corrected chi connectivity index (χ3v) is 14.1. The molecular formula is C55H35NO2S. The van der Waals surface area contributed by atoms with Gasteiger partial charge in [-0.1, -0.05) is 135 Å². The molecule has 1 aliphatic rings. The van der Waals surface area contributed by atoms with Crippen LogP contribution >= 0.6 is 11.3 Å². The highest BCUT2D eigenvalue weighted by molar-refractivity contribution is 7.26. The van der Waals surface area contributed by atoms with Crippen LogP contribution in [-0.4, -0.2) is 0 Å². The summed E-state index contributed by atoms with van der Waals surface area (Å²) in [5, 5.41) is 9.45. The lowest BCUT2D eigenvalue weighted by atomic mass is 9.82. The van der Waals surface area contributed by atoms with E-state index in [-0.39, 0.29) is 5.41 Å². The lowest BCUT2D eigenvalue weighted by Gasteiger charge is -2.29. The number of hydrogen-bond donors (Lipinski definition) is 0. The maximum absolute atomic E-state index is 6.60. The Morgan fingerprint density at radius 2 is 1.10 bits per heavy atom. The first-order chi connectivity index (χ1) is 29.0. The highest BCUT2D eigenvalue weighted by atomic mass is 32.1. The van der Waals surface area contributed by atoms with Crippen LogP contribution in [0, 0.1) is 0 Å². The minimum atomic E-state index is -0.144. The molecule has 0 fully saturated rings. The minimum Gasteiger partial charge on any atom is -0.456 e. The fourth-order valence-electron chi connectivity index (χ4n) is 10.1. The molecule has 0 atom stereocenters. The minimum absolute atomic E-state index is 0.144. The van der Waals surface area contributed by atoms with Crippen LogP contribution in [0.4, 0.5) is 17.1 Å². The van der Waals surface area contributed by atoms with E-state index in [9.17, 15) is 0 Å². The summed E-state index contributed by atoms with van der Waals surface area (Å²) in [6.07, 6.45) is 0. The van der Waals surface area contributed by atoms with Gasteiger partial charge in [-0.3, -0.25) is 0 Å². The Morgan fingerprint density at radius 1 is 0.441 bits per heavy atom. The summed E-state index contributed by atoms with van der Waals surface area (Å²) in [5.41, 5.74) is 14.5. The number of hydrogen-bond acceptors (Lipinski definition) is 4. The van der Waals surface area contributed by atoms with E-state index in [0.717, 1.165) is 66.5 Å². The third-order valence-electron chi connectivity index (χ3n) is 12.9. The molecular weight excluding hydrogens is 739 g/mol. The van der Waals surface area contributed by atoms with Gasteiger partial charge in [0.2, 0.25) is 0 Å². The van der Waals surface area contributed by atoms with E-state index in [0.29, 0.717) is 0 Å². The van der Waals surface area contributed by atoms with Crippen molar-refractivity contribution in [2.45, 2.75) is 19.3 Å². The molecule has 0 saturated carbocycles. The Morgan fingerprint density at radius 3 is 2.00 bits per heavy atom. The molecule has 13 rings (SSSR count). The topological polar surface area (TPSA) is 29.5 Å². The summed E-state index contributed by atoms with van der Waals surface area (Å²) in [6, 6.07) is 64.0. The van der Waals surface area contributed by atoms with E-state index in [1.54, 1.807) is 0 Å². The van der Waals surface area contributed by atoms with Gasteiger partial charge in [0.15, 0.2) is 0 Å². The Bertz CT molecular complexity index is 3730. The van der Waals surface area contributed by atoms with Gasteiger partial charge in [0.25, 0.3) is 0 Å². The molecule has 3 heterocycles. The summed E-state index contributed by atoms with van der Waals surface area (Å²) in [5.74, 6) is 0. The van der Waals surface area contributed by atoms with Crippen molar-refractivity contribution in [3.05, 3.63) is 187 Å². The number of anilines is 3. The molecule has 0 bridgehead atoms. The predicted octanol–water partition coefficient (Wildman–Crippen LogP) is 16.4. The largest absolute Gasteiger partial charge is 0.456 e. The van der Waals surface area contributed by atoms with Gasteiger partial charge in [-0.15, -0.1) is 11.3 Å². The first-order valence-electron chi connectivity index (χ1n) is 20.2. The summed E-state index contributed by atoms with van der Waals surface area (Å²) in [6.45, 7) is 4.72. The lowest BCUT2D eigenvalue weighted by molar-refractivity contribution is 0.660. The van der Waals surface area contributed by atoms with E-state index < -0.39 is 0 Å². The molecule has 0 aliphatic heterocycles. The van der Waals surface area contributed by atoms with Gasteiger partial charge in [-0.2, -0.15) is 0 Å². The maximum Gasteiger partial charge on any atom is 0.143 e. The van der Waals surface area contributed by atoms with Gasteiger partial charge >= 0.3 is 0 Å². The van der Waals surface area contributed by atoms with Crippen molar-refractivity contribution in [3.8, 4) is 22.3 Å². The molecule has 0 N–H and O–H groups in total. The first-order valence-corrected chi connectivity index (χ1v) is 21.1. The predicted molar refractivity (Wildman–Crippen MR) is 249 cm³/mol. The first kappa shape index (κ1) is 32.9. The van der Waals surface area contributed by atoms with Crippen LogP contribution in [0.3, 0.4) is 0 Å². The van der Waals surface area contributed by atoms with Crippen LogP contribution < -0.4 is 4.90 Å². The molecule has 0 radical (unpaired) electrons. The van der Waals surface area contributed by atoms with Crippen LogP contribution in [0.25, 0.3) is 97.1 Å². The number of nitrogens with zero attached hydrogens (tertiary/aromatic N) is 1. The van der Waals surface area contributed by atoms with E-state index in [4.69, 9.17) is 8.83 Å². The molecule has 4 heteroatoms. The lowest BCUT2D eigenvalue weighted by Crippen LogP contribution is -2.16. The molecule has 0 saturated heterocycles. The smallest absolute Gasteiger partial charge is 0.143 e. The highest BCUT2D eigenvalue weighted by Gasteiger charge is 2.36. The maximum atomic E-state index is 6.60. The molecule has 0 amide bonds. The zero-order valence-corrected chi connectivity index (χ0v) is 33.2. The quantitative estimate of drug-likeness (QED) is 0.178. The normalized spacial score (nSPS) is 13.4.